The summed E-state index contributed by atoms with van der Waals surface area (Å²) in [6.45, 7) is 13.8. The Kier molecular flexibility index (Phi) is 9.34. The first-order valence-corrected chi connectivity index (χ1v) is 25.3. The summed E-state index contributed by atoms with van der Waals surface area (Å²) in [6, 6.07) is 74.2. The molecule has 0 atom stereocenters. The number of fused-ring (bicyclic) bond motifs is 12. The lowest BCUT2D eigenvalue weighted by Gasteiger charge is -2.31. The Morgan fingerprint density at radius 3 is 1.48 bits per heavy atom. The largest absolute Gasteiger partial charge is 0.456 e. The van der Waals surface area contributed by atoms with Crippen molar-refractivity contribution in [1.82, 2.24) is 0 Å². The highest BCUT2D eigenvalue weighted by molar-refractivity contribution is 6.26. The molecule has 5 heteroatoms. The van der Waals surface area contributed by atoms with Gasteiger partial charge in [0.15, 0.2) is 11.2 Å². The second kappa shape index (κ2) is 15.9. The molecule has 14 rings (SSSR count). The number of hydrogen-bond donors (Lipinski definition) is 0. The van der Waals surface area contributed by atoms with Gasteiger partial charge in [0.05, 0.1) is 22.7 Å². The van der Waals surface area contributed by atoms with Gasteiger partial charge in [-0.3, -0.25) is 0 Å². The van der Waals surface area contributed by atoms with Crippen LogP contribution in [-0.4, -0.2) is 0 Å². The fourth-order valence-electron chi connectivity index (χ4n) is 11.4. The van der Waals surface area contributed by atoms with Gasteiger partial charge in [0.1, 0.15) is 22.7 Å². The highest BCUT2D eigenvalue weighted by Gasteiger charge is 2.30. The highest BCUT2D eigenvalue weighted by Crippen LogP contribution is 2.55. The zero-order valence-corrected chi connectivity index (χ0v) is 41.7. The maximum absolute atomic E-state index is 7.30. The molecule has 73 heavy (non-hydrogen) atoms. The quantitative estimate of drug-likeness (QED) is 0.155. The summed E-state index contributed by atoms with van der Waals surface area (Å²) in [5, 5.41) is 11.3. The third-order valence-corrected chi connectivity index (χ3v) is 15.1. The fourth-order valence-corrected chi connectivity index (χ4v) is 11.4. The molecule has 13 aromatic rings. The molecule has 0 aliphatic carbocycles. The predicted octanol–water partition coefficient (Wildman–Crippen LogP) is 20.3. The summed E-state index contributed by atoms with van der Waals surface area (Å²) in [6.07, 6.45) is 0. The molecule has 5 nitrogen and oxygen atoms in total. The van der Waals surface area contributed by atoms with Crippen LogP contribution in [0.4, 0.5) is 34.1 Å². The molecule has 0 amide bonds. The van der Waals surface area contributed by atoms with Gasteiger partial charge in [-0.15, -0.1) is 0 Å². The van der Waals surface area contributed by atoms with Gasteiger partial charge in [-0.25, -0.2) is 0 Å². The minimum Gasteiger partial charge on any atom is -0.456 e. The maximum Gasteiger partial charge on any atom is 0.159 e. The normalized spacial score (nSPS) is 12.6. The van der Waals surface area contributed by atoms with E-state index >= 15 is 0 Å². The Bertz CT molecular complexity index is 4380. The Morgan fingerprint density at radius 2 is 0.849 bits per heavy atom. The van der Waals surface area contributed by atoms with Crippen LogP contribution in [0.2, 0.25) is 0 Å². The molecule has 2 aromatic heterocycles. The van der Waals surface area contributed by atoms with Crippen LogP contribution in [0.3, 0.4) is 0 Å². The van der Waals surface area contributed by atoms with Gasteiger partial charge < -0.3 is 23.4 Å². The molecule has 3 heterocycles. The molecule has 0 saturated carbocycles. The van der Waals surface area contributed by atoms with Gasteiger partial charge >= 0.3 is 0 Å². The second-order valence-electron chi connectivity index (χ2n) is 21.7. The minimum atomic E-state index is -0.181. The van der Waals surface area contributed by atoms with E-state index in [1.807, 2.05) is 18.2 Å². The van der Waals surface area contributed by atoms with E-state index in [9.17, 15) is 0 Å². The van der Waals surface area contributed by atoms with E-state index in [1.165, 1.54) is 21.9 Å². The number of hydrogen-bond acceptors (Lipinski definition) is 5. The molecule has 1 aliphatic heterocycles. The van der Waals surface area contributed by atoms with Crippen LogP contribution in [0, 0.1) is 0 Å². The SMILES string of the molecule is CC(C)(C)c1ccc2c(N(c3ccccc3)c3cccc4c3oc3ccccc34)cc3c4cc(C(C)(C)C)cc5c4c(cc3c2c1)-c1ccc(N(c2ccccc2)c2cccc3c2oc2ccccc23)cc1O5. The zero-order valence-electron chi connectivity index (χ0n) is 41.7. The van der Waals surface area contributed by atoms with Crippen LogP contribution in [0.5, 0.6) is 11.5 Å². The molecule has 0 unspecified atom stereocenters. The Morgan fingerprint density at radius 1 is 0.315 bits per heavy atom. The smallest absolute Gasteiger partial charge is 0.159 e. The van der Waals surface area contributed by atoms with Crippen LogP contribution >= 0.6 is 0 Å². The number of benzene rings is 11. The molecule has 352 valence electrons. The third kappa shape index (κ3) is 6.75. The average Bonchev–Trinajstić information content (AvgIpc) is 3.99. The number of ether oxygens (including phenoxy) is 1. The van der Waals surface area contributed by atoms with E-state index in [0.29, 0.717) is 0 Å². The standard InChI is InChI=1S/C68H52N2O3/c1-67(2,3)41-31-33-46-52(35-41)53-39-56-49-34-32-45(69(43-19-9-7-10-20-43)57-27-17-25-50-47-23-13-15-29-60(47)72-65(50)57)38-62(49)71-63-37-42(68(4,5)6)36-55(64(56)63)54(53)40-59(46)70(44-21-11-8-12-22-44)58-28-18-26-51-48-24-14-16-30-61(48)73-66(51)58/h7-40H,1-6H3. The van der Waals surface area contributed by atoms with Gasteiger partial charge in [0.25, 0.3) is 0 Å². The van der Waals surface area contributed by atoms with Crippen molar-refractivity contribution in [2.45, 2.75) is 52.4 Å². The molecule has 0 fully saturated rings. The molecule has 0 spiro atoms. The van der Waals surface area contributed by atoms with Crippen molar-refractivity contribution in [2.75, 3.05) is 9.80 Å². The third-order valence-electron chi connectivity index (χ3n) is 15.1. The first-order valence-electron chi connectivity index (χ1n) is 25.3. The monoisotopic (exact) mass is 944 g/mol. The maximum atomic E-state index is 7.30. The van der Waals surface area contributed by atoms with Gasteiger partial charge in [-0.05, 0) is 140 Å². The van der Waals surface area contributed by atoms with Crippen LogP contribution in [0.15, 0.2) is 215 Å². The lowest BCUT2D eigenvalue weighted by Crippen LogP contribution is -2.13. The van der Waals surface area contributed by atoms with Crippen molar-refractivity contribution in [1.29, 1.82) is 0 Å². The van der Waals surface area contributed by atoms with Crippen molar-refractivity contribution >= 4 is 110 Å². The molecular formula is C68H52N2O3. The van der Waals surface area contributed by atoms with E-state index in [-0.39, 0.29) is 10.8 Å². The molecular weight excluding hydrogens is 893 g/mol. The molecule has 0 N–H and O–H groups in total. The van der Waals surface area contributed by atoms with Crippen LogP contribution < -0.4 is 14.5 Å². The van der Waals surface area contributed by atoms with Gasteiger partial charge in [-0.2, -0.15) is 0 Å². The van der Waals surface area contributed by atoms with Crippen LogP contribution in [0.25, 0.3) is 87.3 Å². The average molecular weight is 945 g/mol. The number of rotatable bonds is 6. The van der Waals surface area contributed by atoms with E-state index in [1.54, 1.807) is 0 Å². The molecule has 0 bridgehead atoms. The second-order valence-corrected chi connectivity index (χ2v) is 21.7. The van der Waals surface area contributed by atoms with Crippen LogP contribution in [0.1, 0.15) is 52.7 Å². The van der Waals surface area contributed by atoms with Crippen molar-refractivity contribution in [3.63, 3.8) is 0 Å². The van der Waals surface area contributed by atoms with Crippen molar-refractivity contribution < 1.29 is 13.6 Å². The van der Waals surface area contributed by atoms with E-state index in [2.05, 4.69) is 239 Å². The number of anilines is 6. The summed E-state index contributed by atoms with van der Waals surface area (Å²) in [5.41, 5.74) is 13.9. The summed E-state index contributed by atoms with van der Waals surface area (Å²) < 4.78 is 20.8. The summed E-state index contributed by atoms with van der Waals surface area (Å²) in [4.78, 5) is 4.69. The Balaban J connectivity index is 1.05. The first kappa shape index (κ1) is 43.0. The minimum absolute atomic E-state index is 0.0959. The van der Waals surface area contributed by atoms with Gasteiger partial charge in [0.2, 0.25) is 0 Å². The van der Waals surface area contributed by atoms with E-state index < -0.39 is 0 Å². The van der Waals surface area contributed by atoms with Crippen molar-refractivity contribution in [2.24, 2.45) is 0 Å². The summed E-state index contributed by atoms with van der Waals surface area (Å²) in [5.74, 6) is 1.66. The number of nitrogens with zero attached hydrogens (tertiary/aromatic N) is 2. The van der Waals surface area contributed by atoms with Gasteiger partial charge in [-0.1, -0.05) is 151 Å². The van der Waals surface area contributed by atoms with E-state index in [4.69, 9.17) is 13.6 Å². The van der Waals surface area contributed by atoms with Gasteiger partial charge in [0, 0.05) is 55.3 Å². The Labute approximate surface area is 424 Å². The topological polar surface area (TPSA) is 42.0 Å². The van der Waals surface area contributed by atoms with Crippen molar-refractivity contribution in [3.05, 3.63) is 217 Å². The molecule has 0 saturated heterocycles. The predicted molar refractivity (Wildman–Crippen MR) is 306 cm³/mol. The number of para-hydroxylation sites is 6. The van der Waals surface area contributed by atoms with Crippen LogP contribution in [-0.2, 0) is 10.8 Å². The van der Waals surface area contributed by atoms with Crippen molar-refractivity contribution in [3.8, 4) is 22.6 Å². The molecule has 0 radical (unpaired) electrons. The Hall–Kier alpha value is -8.80. The summed E-state index contributed by atoms with van der Waals surface area (Å²) in [7, 11) is 0. The first-order chi connectivity index (χ1) is 35.5. The lowest BCUT2D eigenvalue weighted by atomic mass is 9.81. The zero-order chi connectivity index (χ0) is 49.3. The fraction of sp³-hybridized carbons (Fsp3) is 0.118. The molecule has 1 aliphatic rings. The lowest BCUT2D eigenvalue weighted by molar-refractivity contribution is 0.483. The summed E-state index contributed by atoms with van der Waals surface area (Å²) >= 11 is 0. The van der Waals surface area contributed by atoms with E-state index in [0.717, 1.165) is 122 Å². The number of furan rings is 2. The highest BCUT2D eigenvalue weighted by atomic mass is 16.5. The molecule has 11 aromatic carbocycles.